The highest BCUT2D eigenvalue weighted by Gasteiger charge is 2.18. The van der Waals surface area contributed by atoms with E-state index in [1.807, 2.05) is 30.5 Å². The van der Waals surface area contributed by atoms with Gasteiger partial charge in [0.2, 0.25) is 0 Å². The molecule has 0 aromatic heterocycles. The summed E-state index contributed by atoms with van der Waals surface area (Å²) < 4.78 is 5.47. The molecule has 68 valence electrons. The average molecular weight is 184 g/mol. The zero-order valence-corrected chi connectivity index (χ0v) is 7.40. The molecule has 0 atom stereocenters. The van der Waals surface area contributed by atoms with Crippen LogP contribution in [0, 0.1) is 0 Å². The van der Waals surface area contributed by atoms with Crippen LogP contribution in [0.2, 0.25) is 0 Å². The Bertz CT molecular complexity index is 472. The minimum atomic E-state index is 0.876. The Labute approximate surface area is 81.4 Å². The highest BCUT2D eigenvalue weighted by molar-refractivity contribution is 5.88. The number of nitrogens with zero attached hydrogens (tertiary/aromatic N) is 1. The average Bonchev–Trinajstić information content (AvgIpc) is 2.29. The van der Waals surface area contributed by atoms with E-state index in [1.54, 1.807) is 12.6 Å². The van der Waals surface area contributed by atoms with Crippen molar-refractivity contribution in [1.82, 2.24) is 5.32 Å². The largest absolute Gasteiger partial charge is 0.462 e. The first-order valence-electron chi connectivity index (χ1n) is 4.40. The van der Waals surface area contributed by atoms with E-state index in [9.17, 15) is 0 Å². The SMILES string of the molecule is C1=NC=C2C(=COc3ccccc32)N1. The summed E-state index contributed by atoms with van der Waals surface area (Å²) in [5.74, 6) is 0.876. The molecular formula is C11H8N2O. The van der Waals surface area contributed by atoms with E-state index >= 15 is 0 Å². The summed E-state index contributed by atoms with van der Waals surface area (Å²) in [6.45, 7) is 0. The molecule has 1 aromatic carbocycles. The van der Waals surface area contributed by atoms with Crippen LogP contribution in [0.15, 0.2) is 47.4 Å². The normalized spacial score (nSPS) is 16.9. The van der Waals surface area contributed by atoms with E-state index in [0.717, 1.165) is 22.6 Å². The number of benzene rings is 1. The van der Waals surface area contributed by atoms with Gasteiger partial charge in [-0.2, -0.15) is 0 Å². The lowest BCUT2D eigenvalue weighted by molar-refractivity contribution is 0.468. The highest BCUT2D eigenvalue weighted by Crippen LogP contribution is 2.34. The first-order valence-corrected chi connectivity index (χ1v) is 4.40. The molecule has 2 aliphatic rings. The molecule has 2 heterocycles. The van der Waals surface area contributed by atoms with Gasteiger partial charge < -0.3 is 10.1 Å². The minimum Gasteiger partial charge on any atom is -0.462 e. The van der Waals surface area contributed by atoms with Gasteiger partial charge in [-0.3, -0.25) is 0 Å². The molecule has 3 rings (SSSR count). The second-order valence-corrected chi connectivity index (χ2v) is 3.11. The van der Waals surface area contributed by atoms with Crippen molar-refractivity contribution in [3.05, 3.63) is 48.0 Å². The molecule has 0 amide bonds. The molecule has 0 aliphatic carbocycles. The van der Waals surface area contributed by atoms with Gasteiger partial charge in [0.05, 0.1) is 12.0 Å². The number of nitrogens with one attached hydrogen (secondary N) is 1. The van der Waals surface area contributed by atoms with Crippen molar-refractivity contribution >= 4 is 11.9 Å². The van der Waals surface area contributed by atoms with Crippen molar-refractivity contribution in [1.29, 1.82) is 0 Å². The smallest absolute Gasteiger partial charge is 0.134 e. The number of ether oxygens (including phenoxy) is 1. The van der Waals surface area contributed by atoms with Crippen LogP contribution in [0.1, 0.15) is 5.56 Å². The van der Waals surface area contributed by atoms with Crippen LogP contribution >= 0.6 is 0 Å². The van der Waals surface area contributed by atoms with E-state index in [0.29, 0.717) is 0 Å². The maximum absolute atomic E-state index is 5.47. The molecular weight excluding hydrogens is 176 g/mol. The maximum atomic E-state index is 5.47. The topological polar surface area (TPSA) is 33.6 Å². The minimum absolute atomic E-state index is 0.876. The van der Waals surface area contributed by atoms with Gasteiger partial charge in [-0.25, -0.2) is 4.99 Å². The molecule has 0 spiro atoms. The third-order valence-corrected chi connectivity index (χ3v) is 2.27. The molecule has 0 unspecified atom stereocenters. The second kappa shape index (κ2) is 2.73. The van der Waals surface area contributed by atoms with E-state index in [1.165, 1.54) is 0 Å². The van der Waals surface area contributed by atoms with Crippen LogP contribution in [-0.4, -0.2) is 6.34 Å². The molecule has 0 bridgehead atoms. The predicted molar refractivity (Wildman–Crippen MR) is 54.8 cm³/mol. The summed E-state index contributed by atoms with van der Waals surface area (Å²) in [5.41, 5.74) is 3.11. The Morgan fingerprint density at radius 3 is 3.14 bits per heavy atom. The molecule has 0 saturated heterocycles. The number of rotatable bonds is 0. The van der Waals surface area contributed by atoms with Gasteiger partial charge in [-0.05, 0) is 6.07 Å². The number of allylic oxidation sites excluding steroid dienone is 1. The Morgan fingerprint density at radius 1 is 1.21 bits per heavy atom. The fourth-order valence-corrected chi connectivity index (χ4v) is 1.59. The third kappa shape index (κ3) is 0.956. The highest BCUT2D eigenvalue weighted by atomic mass is 16.5. The van der Waals surface area contributed by atoms with E-state index < -0.39 is 0 Å². The van der Waals surface area contributed by atoms with E-state index in [-0.39, 0.29) is 0 Å². The van der Waals surface area contributed by atoms with Gasteiger partial charge >= 0.3 is 0 Å². The van der Waals surface area contributed by atoms with Crippen LogP contribution < -0.4 is 10.1 Å². The first-order chi connectivity index (χ1) is 6.95. The van der Waals surface area contributed by atoms with Gasteiger partial charge in [-0.15, -0.1) is 0 Å². The first kappa shape index (κ1) is 7.38. The quantitative estimate of drug-likeness (QED) is 0.668. The molecule has 0 radical (unpaired) electrons. The summed E-state index contributed by atoms with van der Waals surface area (Å²) >= 11 is 0. The Hall–Kier alpha value is -2.03. The second-order valence-electron chi connectivity index (χ2n) is 3.11. The zero-order chi connectivity index (χ0) is 9.38. The van der Waals surface area contributed by atoms with Crippen LogP contribution in [0.25, 0.3) is 5.57 Å². The third-order valence-electron chi connectivity index (χ3n) is 2.27. The Kier molecular flexibility index (Phi) is 1.44. The van der Waals surface area contributed by atoms with Crippen molar-refractivity contribution in [3.8, 4) is 5.75 Å². The van der Waals surface area contributed by atoms with Gasteiger partial charge in [0.1, 0.15) is 12.0 Å². The Morgan fingerprint density at radius 2 is 2.14 bits per heavy atom. The van der Waals surface area contributed by atoms with E-state index in [2.05, 4.69) is 10.3 Å². The van der Waals surface area contributed by atoms with Gasteiger partial charge in [0.15, 0.2) is 0 Å². The lowest BCUT2D eigenvalue weighted by Crippen LogP contribution is -2.18. The number of aliphatic imine (C=N–C) groups is 1. The maximum Gasteiger partial charge on any atom is 0.134 e. The molecule has 14 heavy (non-hydrogen) atoms. The number of para-hydroxylation sites is 1. The molecule has 3 nitrogen and oxygen atoms in total. The number of hydrogen-bond acceptors (Lipinski definition) is 3. The molecule has 0 fully saturated rings. The molecule has 0 saturated carbocycles. The standard InChI is InChI=1S/C11H8N2O/c1-2-4-11-8(3-1)9-5-12-7-13-10(9)6-14-11/h1-7H,(H,12,13). The summed E-state index contributed by atoms with van der Waals surface area (Å²) in [5, 5.41) is 3.04. The lowest BCUT2D eigenvalue weighted by atomic mass is 10.0. The van der Waals surface area contributed by atoms with Crippen molar-refractivity contribution in [2.45, 2.75) is 0 Å². The molecule has 1 N–H and O–H groups in total. The van der Waals surface area contributed by atoms with Crippen molar-refractivity contribution in [2.24, 2.45) is 4.99 Å². The summed E-state index contributed by atoms with van der Waals surface area (Å²) in [4.78, 5) is 4.07. The summed E-state index contributed by atoms with van der Waals surface area (Å²) in [6.07, 6.45) is 5.19. The summed E-state index contributed by atoms with van der Waals surface area (Å²) in [7, 11) is 0. The molecule has 2 aliphatic heterocycles. The van der Waals surface area contributed by atoms with Gasteiger partial charge in [-0.1, -0.05) is 18.2 Å². The van der Waals surface area contributed by atoms with Crippen molar-refractivity contribution in [3.63, 3.8) is 0 Å². The van der Waals surface area contributed by atoms with Crippen LogP contribution in [0.4, 0.5) is 0 Å². The van der Waals surface area contributed by atoms with Crippen LogP contribution in [-0.2, 0) is 0 Å². The van der Waals surface area contributed by atoms with E-state index in [4.69, 9.17) is 4.74 Å². The molecule has 3 heteroatoms. The number of hydrogen-bond donors (Lipinski definition) is 1. The number of fused-ring (bicyclic) bond motifs is 3. The van der Waals surface area contributed by atoms with Crippen molar-refractivity contribution < 1.29 is 4.74 Å². The monoisotopic (exact) mass is 184 g/mol. The zero-order valence-electron chi connectivity index (χ0n) is 7.40. The van der Waals surface area contributed by atoms with Gasteiger partial charge in [0, 0.05) is 17.3 Å². The Balaban J connectivity index is 2.22. The van der Waals surface area contributed by atoms with Crippen molar-refractivity contribution in [2.75, 3.05) is 0 Å². The van der Waals surface area contributed by atoms with Gasteiger partial charge in [0.25, 0.3) is 0 Å². The summed E-state index contributed by atoms with van der Waals surface area (Å²) in [6, 6.07) is 7.92. The predicted octanol–water partition coefficient (Wildman–Crippen LogP) is 1.89. The fraction of sp³-hybridized carbons (Fsp3) is 0. The fourth-order valence-electron chi connectivity index (χ4n) is 1.59. The van der Waals surface area contributed by atoms with Crippen LogP contribution in [0.3, 0.4) is 0 Å². The lowest BCUT2D eigenvalue weighted by Gasteiger charge is -2.21. The molecule has 1 aromatic rings. The van der Waals surface area contributed by atoms with Crippen LogP contribution in [0.5, 0.6) is 5.75 Å².